The molecule has 78 valence electrons. The number of amides is 1. The molecule has 3 nitrogen and oxygen atoms in total. The first-order valence-electron chi connectivity index (χ1n) is 5.12. The van der Waals surface area contributed by atoms with Gasteiger partial charge in [-0.1, -0.05) is 26.7 Å². The standard InChI is InChI=1S/C10H21NO2/c1-3-9(4-2)5-6-10(13)11-7-8-12/h9,12H,3-8H2,1-2H3,(H,11,13). The third kappa shape index (κ3) is 6.58. The normalized spacial score (nSPS) is 10.5. The number of nitrogens with one attached hydrogen (secondary N) is 1. The van der Waals surface area contributed by atoms with E-state index in [9.17, 15) is 4.79 Å². The average Bonchev–Trinajstić information content (AvgIpc) is 2.16. The second kappa shape index (κ2) is 8.05. The van der Waals surface area contributed by atoms with Crippen molar-refractivity contribution in [1.29, 1.82) is 0 Å². The first-order chi connectivity index (χ1) is 6.24. The summed E-state index contributed by atoms with van der Waals surface area (Å²) in [5.74, 6) is 0.723. The molecule has 0 unspecified atom stereocenters. The van der Waals surface area contributed by atoms with E-state index in [4.69, 9.17) is 5.11 Å². The number of carbonyl (C=O) groups excluding carboxylic acids is 1. The van der Waals surface area contributed by atoms with Gasteiger partial charge in [0.05, 0.1) is 6.61 Å². The van der Waals surface area contributed by atoms with Gasteiger partial charge in [-0.3, -0.25) is 4.79 Å². The maximum Gasteiger partial charge on any atom is 0.220 e. The van der Waals surface area contributed by atoms with Crippen LogP contribution in [0.2, 0.25) is 0 Å². The minimum Gasteiger partial charge on any atom is -0.395 e. The molecule has 0 aromatic rings. The summed E-state index contributed by atoms with van der Waals surface area (Å²) < 4.78 is 0. The van der Waals surface area contributed by atoms with E-state index in [2.05, 4.69) is 19.2 Å². The van der Waals surface area contributed by atoms with E-state index in [0.29, 0.717) is 18.9 Å². The van der Waals surface area contributed by atoms with E-state index in [-0.39, 0.29) is 12.5 Å². The minimum absolute atomic E-state index is 0.0245. The summed E-state index contributed by atoms with van der Waals surface area (Å²) >= 11 is 0. The maximum atomic E-state index is 11.1. The highest BCUT2D eigenvalue weighted by Gasteiger charge is 2.06. The van der Waals surface area contributed by atoms with Crippen LogP contribution in [0.15, 0.2) is 0 Å². The second-order valence-electron chi connectivity index (χ2n) is 3.29. The van der Waals surface area contributed by atoms with Gasteiger partial charge in [-0.05, 0) is 12.3 Å². The van der Waals surface area contributed by atoms with Crippen LogP contribution in [0, 0.1) is 5.92 Å². The zero-order valence-corrected chi connectivity index (χ0v) is 8.68. The molecule has 3 heteroatoms. The van der Waals surface area contributed by atoms with Gasteiger partial charge in [-0.2, -0.15) is 0 Å². The smallest absolute Gasteiger partial charge is 0.220 e. The Kier molecular flexibility index (Phi) is 7.69. The van der Waals surface area contributed by atoms with E-state index in [1.54, 1.807) is 0 Å². The first kappa shape index (κ1) is 12.4. The number of hydrogen-bond donors (Lipinski definition) is 2. The highest BCUT2D eigenvalue weighted by Crippen LogP contribution is 2.14. The molecule has 2 N–H and O–H groups in total. The summed E-state index contributed by atoms with van der Waals surface area (Å²) in [7, 11) is 0. The molecule has 0 aliphatic rings. The van der Waals surface area contributed by atoms with Crippen LogP contribution in [0.4, 0.5) is 0 Å². The zero-order valence-electron chi connectivity index (χ0n) is 8.68. The van der Waals surface area contributed by atoms with E-state index in [1.165, 1.54) is 0 Å². The van der Waals surface area contributed by atoms with Gasteiger partial charge in [0.25, 0.3) is 0 Å². The van der Waals surface area contributed by atoms with Crippen molar-refractivity contribution in [1.82, 2.24) is 5.32 Å². The predicted octanol–water partition coefficient (Wildman–Crippen LogP) is 1.31. The molecule has 0 saturated heterocycles. The monoisotopic (exact) mass is 187 g/mol. The quantitative estimate of drug-likeness (QED) is 0.631. The number of rotatable bonds is 7. The number of hydrogen-bond acceptors (Lipinski definition) is 2. The van der Waals surface area contributed by atoms with Crippen LogP contribution in [-0.2, 0) is 4.79 Å². The molecular weight excluding hydrogens is 166 g/mol. The summed E-state index contributed by atoms with van der Waals surface area (Å²) in [6, 6.07) is 0. The fourth-order valence-electron chi connectivity index (χ4n) is 1.32. The lowest BCUT2D eigenvalue weighted by Crippen LogP contribution is -2.26. The molecule has 0 bridgehead atoms. The fraction of sp³-hybridized carbons (Fsp3) is 0.900. The zero-order chi connectivity index (χ0) is 10.1. The number of aliphatic hydroxyl groups excluding tert-OH is 1. The highest BCUT2D eigenvalue weighted by atomic mass is 16.3. The van der Waals surface area contributed by atoms with Crippen molar-refractivity contribution in [2.45, 2.75) is 39.5 Å². The number of carbonyl (C=O) groups is 1. The van der Waals surface area contributed by atoms with Crippen molar-refractivity contribution in [3.05, 3.63) is 0 Å². The van der Waals surface area contributed by atoms with Gasteiger partial charge in [-0.15, -0.1) is 0 Å². The van der Waals surface area contributed by atoms with Crippen molar-refractivity contribution < 1.29 is 9.90 Å². The van der Waals surface area contributed by atoms with Gasteiger partial charge < -0.3 is 10.4 Å². The van der Waals surface area contributed by atoms with E-state index < -0.39 is 0 Å². The summed E-state index contributed by atoms with van der Waals surface area (Å²) in [6.07, 6.45) is 3.84. The Morgan fingerprint density at radius 1 is 1.38 bits per heavy atom. The van der Waals surface area contributed by atoms with Crippen molar-refractivity contribution in [3.8, 4) is 0 Å². The van der Waals surface area contributed by atoms with Crippen LogP contribution in [-0.4, -0.2) is 24.2 Å². The predicted molar refractivity (Wildman–Crippen MR) is 53.4 cm³/mol. The Morgan fingerprint density at radius 3 is 2.46 bits per heavy atom. The van der Waals surface area contributed by atoms with Gasteiger partial charge in [0.2, 0.25) is 5.91 Å². The van der Waals surface area contributed by atoms with Crippen LogP contribution in [0.3, 0.4) is 0 Å². The average molecular weight is 187 g/mol. The molecule has 0 aliphatic carbocycles. The van der Waals surface area contributed by atoms with E-state index in [0.717, 1.165) is 19.3 Å². The number of aliphatic hydroxyl groups is 1. The molecule has 0 spiro atoms. The molecule has 0 fully saturated rings. The summed E-state index contributed by atoms with van der Waals surface area (Å²) in [5.41, 5.74) is 0. The molecule has 0 aromatic heterocycles. The Labute approximate surface area is 80.5 Å². The molecule has 0 atom stereocenters. The summed E-state index contributed by atoms with van der Waals surface area (Å²) in [6.45, 7) is 4.71. The minimum atomic E-state index is 0.0245. The molecule has 13 heavy (non-hydrogen) atoms. The Balaban J connectivity index is 3.44. The van der Waals surface area contributed by atoms with Gasteiger partial charge >= 0.3 is 0 Å². The Bertz CT molecular complexity index is 133. The van der Waals surface area contributed by atoms with Crippen molar-refractivity contribution >= 4 is 5.91 Å². The van der Waals surface area contributed by atoms with Crippen LogP contribution in [0.5, 0.6) is 0 Å². The fourth-order valence-corrected chi connectivity index (χ4v) is 1.32. The first-order valence-corrected chi connectivity index (χ1v) is 5.12. The molecule has 0 heterocycles. The lowest BCUT2D eigenvalue weighted by Gasteiger charge is -2.11. The van der Waals surface area contributed by atoms with Crippen molar-refractivity contribution in [2.75, 3.05) is 13.2 Å². The summed E-state index contributed by atoms with van der Waals surface area (Å²) in [5, 5.41) is 11.1. The molecule has 0 rings (SSSR count). The van der Waals surface area contributed by atoms with Crippen molar-refractivity contribution in [2.24, 2.45) is 5.92 Å². The van der Waals surface area contributed by atoms with Crippen molar-refractivity contribution in [3.63, 3.8) is 0 Å². The van der Waals surface area contributed by atoms with Gasteiger partial charge in [-0.25, -0.2) is 0 Å². The van der Waals surface area contributed by atoms with E-state index >= 15 is 0 Å². The maximum absolute atomic E-state index is 11.1. The molecular formula is C10H21NO2. The SMILES string of the molecule is CCC(CC)CCC(=O)NCCO. The molecule has 0 aliphatic heterocycles. The summed E-state index contributed by atoms with van der Waals surface area (Å²) in [4.78, 5) is 11.1. The third-order valence-electron chi connectivity index (χ3n) is 2.37. The van der Waals surface area contributed by atoms with E-state index in [1.807, 2.05) is 0 Å². The topological polar surface area (TPSA) is 49.3 Å². The van der Waals surface area contributed by atoms with Gasteiger partial charge in [0.15, 0.2) is 0 Å². The van der Waals surface area contributed by atoms with Crippen LogP contribution < -0.4 is 5.32 Å². The molecule has 0 aromatic carbocycles. The van der Waals surface area contributed by atoms with Crippen LogP contribution in [0.25, 0.3) is 0 Å². The van der Waals surface area contributed by atoms with Crippen LogP contribution >= 0.6 is 0 Å². The second-order valence-corrected chi connectivity index (χ2v) is 3.29. The van der Waals surface area contributed by atoms with Gasteiger partial charge in [0.1, 0.15) is 0 Å². The largest absolute Gasteiger partial charge is 0.395 e. The Morgan fingerprint density at radius 2 is 2.00 bits per heavy atom. The highest BCUT2D eigenvalue weighted by molar-refractivity contribution is 5.75. The molecule has 1 amide bonds. The third-order valence-corrected chi connectivity index (χ3v) is 2.37. The van der Waals surface area contributed by atoms with Crippen LogP contribution in [0.1, 0.15) is 39.5 Å². The van der Waals surface area contributed by atoms with Gasteiger partial charge in [0, 0.05) is 13.0 Å². The lowest BCUT2D eigenvalue weighted by atomic mass is 9.97. The lowest BCUT2D eigenvalue weighted by molar-refractivity contribution is -0.121. The molecule has 0 radical (unpaired) electrons. The Hall–Kier alpha value is -0.570. The molecule has 0 saturated carbocycles.